The average molecular weight is 354 g/mol. The normalized spacial score (nSPS) is 21.1. The largest absolute Gasteiger partial charge is 0.324 e. The molecule has 1 aliphatic heterocycles. The minimum Gasteiger partial charge on any atom is -0.324 e. The molecule has 1 heterocycles. The van der Waals surface area contributed by atoms with Gasteiger partial charge in [-0.2, -0.15) is 0 Å². The molecule has 2 unspecified atom stereocenters. The van der Waals surface area contributed by atoms with Crippen molar-refractivity contribution in [1.29, 1.82) is 0 Å². The summed E-state index contributed by atoms with van der Waals surface area (Å²) in [4.78, 5) is 5.04. The van der Waals surface area contributed by atoms with Gasteiger partial charge in [-0.15, -0.1) is 0 Å². The van der Waals surface area contributed by atoms with Gasteiger partial charge in [-0.05, 0) is 57.6 Å². The molecule has 2 rings (SSSR count). The number of likely N-dealkylation sites (N-methyl/N-ethyl adjacent to an activating group) is 2. The van der Waals surface area contributed by atoms with E-state index in [1.165, 1.54) is 31.5 Å². The van der Waals surface area contributed by atoms with Crippen LogP contribution in [-0.4, -0.2) is 49.1 Å². The van der Waals surface area contributed by atoms with E-state index in [2.05, 4.69) is 57.9 Å². The van der Waals surface area contributed by atoms with Gasteiger partial charge < -0.3 is 10.6 Å². The van der Waals surface area contributed by atoms with Gasteiger partial charge in [0.05, 0.1) is 0 Å². The lowest BCUT2D eigenvalue weighted by Crippen LogP contribution is -2.39. The SMILES string of the molecule is CCN1CCCC1CN(C)CCC(N)c1ccccc1Br. The summed E-state index contributed by atoms with van der Waals surface area (Å²) < 4.78 is 1.12. The maximum atomic E-state index is 6.34. The Bertz CT molecular complexity index is 438. The van der Waals surface area contributed by atoms with Crippen molar-refractivity contribution in [3.8, 4) is 0 Å². The van der Waals surface area contributed by atoms with Gasteiger partial charge in [-0.1, -0.05) is 41.1 Å². The average Bonchev–Trinajstić information content (AvgIpc) is 2.92. The van der Waals surface area contributed by atoms with Gasteiger partial charge >= 0.3 is 0 Å². The zero-order valence-electron chi connectivity index (χ0n) is 13.3. The lowest BCUT2D eigenvalue weighted by atomic mass is 10.0. The van der Waals surface area contributed by atoms with Crippen LogP contribution in [0.4, 0.5) is 0 Å². The third-order valence-corrected chi connectivity index (χ3v) is 5.28. The standard InChI is InChI=1S/C17H28BrN3/c1-3-21-11-6-7-14(21)13-20(2)12-10-17(19)15-8-4-5-9-16(15)18/h4-5,8-9,14,17H,3,6-7,10-13,19H2,1-2H3. The summed E-state index contributed by atoms with van der Waals surface area (Å²) in [7, 11) is 2.22. The predicted molar refractivity (Wildman–Crippen MR) is 93.5 cm³/mol. The third kappa shape index (κ3) is 4.78. The van der Waals surface area contributed by atoms with Crippen molar-refractivity contribution in [2.24, 2.45) is 5.73 Å². The summed E-state index contributed by atoms with van der Waals surface area (Å²) in [5, 5.41) is 0. The van der Waals surface area contributed by atoms with Crippen LogP contribution in [0.15, 0.2) is 28.7 Å². The Kier molecular flexibility index (Phi) is 6.68. The molecular weight excluding hydrogens is 326 g/mol. The van der Waals surface area contributed by atoms with Crippen LogP contribution in [0, 0.1) is 0 Å². The van der Waals surface area contributed by atoms with Crippen molar-refractivity contribution in [1.82, 2.24) is 9.80 Å². The van der Waals surface area contributed by atoms with Crippen LogP contribution in [0.3, 0.4) is 0 Å². The molecular formula is C17H28BrN3. The molecule has 1 saturated heterocycles. The van der Waals surface area contributed by atoms with Gasteiger partial charge in [0.25, 0.3) is 0 Å². The van der Waals surface area contributed by atoms with E-state index in [0.29, 0.717) is 0 Å². The van der Waals surface area contributed by atoms with Crippen LogP contribution in [0.25, 0.3) is 0 Å². The molecule has 0 aromatic heterocycles. The van der Waals surface area contributed by atoms with E-state index in [4.69, 9.17) is 5.73 Å². The highest BCUT2D eigenvalue weighted by Gasteiger charge is 2.24. The van der Waals surface area contributed by atoms with Gasteiger partial charge in [0.1, 0.15) is 0 Å². The summed E-state index contributed by atoms with van der Waals surface area (Å²) in [6, 6.07) is 9.11. The second-order valence-electron chi connectivity index (χ2n) is 6.10. The highest BCUT2D eigenvalue weighted by atomic mass is 79.9. The van der Waals surface area contributed by atoms with Crippen molar-refractivity contribution in [2.75, 3.05) is 33.2 Å². The quantitative estimate of drug-likeness (QED) is 0.816. The molecule has 0 spiro atoms. The Hall–Kier alpha value is -0.420. The summed E-state index contributed by atoms with van der Waals surface area (Å²) >= 11 is 3.59. The molecule has 21 heavy (non-hydrogen) atoms. The predicted octanol–water partition coefficient (Wildman–Crippen LogP) is 3.26. The van der Waals surface area contributed by atoms with Crippen LogP contribution < -0.4 is 5.73 Å². The summed E-state index contributed by atoms with van der Waals surface area (Å²) in [5.74, 6) is 0. The van der Waals surface area contributed by atoms with Crippen LogP contribution in [0.5, 0.6) is 0 Å². The summed E-state index contributed by atoms with van der Waals surface area (Å²) in [6.07, 6.45) is 3.69. The van der Waals surface area contributed by atoms with E-state index < -0.39 is 0 Å². The molecule has 1 aromatic rings. The van der Waals surface area contributed by atoms with Crippen LogP contribution in [0.1, 0.15) is 37.8 Å². The Morgan fingerprint density at radius 3 is 2.90 bits per heavy atom. The molecule has 0 amide bonds. The molecule has 0 saturated carbocycles. The van der Waals surface area contributed by atoms with Crippen molar-refractivity contribution in [3.63, 3.8) is 0 Å². The van der Waals surface area contributed by atoms with Crippen molar-refractivity contribution in [2.45, 2.75) is 38.3 Å². The van der Waals surface area contributed by atoms with Gasteiger partial charge in [0.15, 0.2) is 0 Å². The Morgan fingerprint density at radius 2 is 2.19 bits per heavy atom. The topological polar surface area (TPSA) is 32.5 Å². The van der Waals surface area contributed by atoms with Crippen LogP contribution >= 0.6 is 15.9 Å². The molecule has 2 atom stereocenters. The van der Waals surface area contributed by atoms with E-state index in [-0.39, 0.29) is 6.04 Å². The van der Waals surface area contributed by atoms with E-state index in [0.717, 1.165) is 30.0 Å². The first-order chi connectivity index (χ1) is 10.1. The first-order valence-electron chi connectivity index (χ1n) is 8.04. The zero-order chi connectivity index (χ0) is 15.2. The smallest absolute Gasteiger partial charge is 0.0318 e. The van der Waals surface area contributed by atoms with Crippen LogP contribution in [0.2, 0.25) is 0 Å². The Morgan fingerprint density at radius 1 is 1.43 bits per heavy atom. The minimum absolute atomic E-state index is 0.105. The monoisotopic (exact) mass is 353 g/mol. The van der Waals surface area contributed by atoms with E-state index >= 15 is 0 Å². The Labute approximate surface area is 137 Å². The van der Waals surface area contributed by atoms with Crippen LogP contribution in [-0.2, 0) is 0 Å². The molecule has 4 heteroatoms. The van der Waals surface area contributed by atoms with E-state index in [1.807, 2.05) is 6.07 Å². The summed E-state index contributed by atoms with van der Waals surface area (Å²) in [6.45, 7) is 6.93. The van der Waals surface area contributed by atoms with Crippen molar-refractivity contribution < 1.29 is 0 Å². The molecule has 2 N–H and O–H groups in total. The van der Waals surface area contributed by atoms with E-state index in [1.54, 1.807) is 0 Å². The third-order valence-electron chi connectivity index (χ3n) is 4.55. The lowest BCUT2D eigenvalue weighted by Gasteiger charge is -2.28. The first-order valence-corrected chi connectivity index (χ1v) is 8.83. The molecule has 0 radical (unpaired) electrons. The van der Waals surface area contributed by atoms with Gasteiger partial charge in [-0.25, -0.2) is 0 Å². The Balaban J connectivity index is 1.78. The number of nitrogens with two attached hydrogens (primary N) is 1. The molecule has 1 aliphatic rings. The highest BCUT2D eigenvalue weighted by Crippen LogP contribution is 2.24. The molecule has 3 nitrogen and oxygen atoms in total. The van der Waals surface area contributed by atoms with Gasteiger partial charge in [0.2, 0.25) is 0 Å². The second-order valence-corrected chi connectivity index (χ2v) is 6.96. The second kappa shape index (κ2) is 8.28. The number of halogens is 1. The summed E-state index contributed by atoms with van der Waals surface area (Å²) in [5.41, 5.74) is 7.55. The number of benzene rings is 1. The number of likely N-dealkylation sites (tertiary alicyclic amines) is 1. The zero-order valence-corrected chi connectivity index (χ0v) is 14.8. The first kappa shape index (κ1) is 16.9. The fourth-order valence-corrected chi connectivity index (χ4v) is 3.84. The highest BCUT2D eigenvalue weighted by molar-refractivity contribution is 9.10. The van der Waals surface area contributed by atoms with Crippen molar-refractivity contribution in [3.05, 3.63) is 34.3 Å². The fourth-order valence-electron chi connectivity index (χ4n) is 3.26. The minimum atomic E-state index is 0.105. The van der Waals surface area contributed by atoms with Gasteiger partial charge in [-0.3, -0.25) is 4.90 Å². The number of hydrogen-bond acceptors (Lipinski definition) is 3. The fraction of sp³-hybridized carbons (Fsp3) is 0.647. The lowest BCUT2D eigenvalue weighted by molar-refractivity contribution is 0.195. The maximum Gasteiger partial charge on any atom is 0.0318 e. The molecule has 1 aromatic carbocycles. The maximum absolute atomic E-state index is 6.34. The van der Waals surface area contributed by atoms with Gasteiger partial charge in [0, 0.05) is 23.1 Å². The number of nitrogens with zero attached hydrogens (tertiary/aromatic N) is 2. The molecule has 0 aliphatic carbocycles. The number of rotatable bonds is 7. The molecule has 1 fully saturated rings. The molecule has 118 valence electrons. The van der Waals surface area contributed by atoms with Crippen molar-refractivity contribution >= 4 is 15.9 Å². The number of hydrogen-bond donors (Lipinski definition) is 1. The molecule has 0 bridgehead atoms. The van der Waals surface area contributed by atoms with E-state index in [9.17, 15) is 0 Å².